The monoisotopic (exact) mass is 460 g/mol. The number of carbonyl (C=O) groups is 1. The molecular formula is C16H22FN6O7P. The minimum atomic E-state index is -4.18. The number of fused-ring (bicyclic) bond motifs is 1. The minimum absolute atomic E-state index is 0.120. The van der Waals surface area contributed by atoms with Crippen LogP contribution in [0.5, 0.6) is 0 Å². The normalized spacial score (nSPS) is 29.1. The Morgan fingerprint density at radius 3 is 2.84 bits per heavy atom. The van der Waals surface area contributed by atoms with Crippen molar-refractivity contribution in [3.05, 3.63) is 12.7 Å². The molecule has 0 radical (unpaired) electrons. The van der Waals surface area contributed by atoms with Crippen molar-refractivity contribution in [3.63, 3.8) is 0 Å². The number of rotatable bonds is 6. The molecule has 170 valence electrons. The summed E-state index contributed by atoms with van der Waals surface area (Å²) in [5.74, 6) is -0.600. The highest BCUT2D eigenvalue weighted by atomic mass is 31.2. The number of nitrogen functional groups attached to an aromatic ring is 1. The number of aromatic nitrogens is 4. The molecule has 5 atom stereocenters. The van der Waals surface area contributed by atoms with Crippen LogP contribution < -0.4 is 5.73 Å². The maximum Gasteiger partial charge on any atom is 0.405 e. The quantitative estimate of drug-likeness (QED) is 0.439. The smallest absolute Gasteiger partial charge is 0.405 e. The van der Waals surface area contributed by atoms with Crippen molar-refractivity contribution in [1.82, 2.24) is 24.2 Å². The summed E-state index contributed by atoms with van der Waals surface area (Å²) < 4.78 is 51.5. The lowest BCUT2D eigenvalue weighted by atomic mass is 10.1. The van der Waals surface area contributed by atoms with Crippen LogP contribution >= 0.6 is 7.75 Å². The average Bonchev–Trinajstić information content (AvgIpc) is 3.30. The molecule has 2 aliphatic rings. The van der Waals surface area contributed by atoms with E-state index in [1.807, 2.05) is 0 Å². The van der Waals surface area contributed by atoms with Crippen molar-refractivity contribution in [2.24, 2.45) is 0 Å². The van der Waals surface area contributed by atoms with Crippen molar-refractivity contribution >= 4 is 30.7 Å². The summed E-state index contributed by atoms with van der Waals surface area (Å²) in [7, 11) is -4.18. The number of hydrogen-bond acceptors (Lipinski definition) is 10. The predicted octanol–water partition coefficient (Wildman–Crippen LogP) is 0.0249. The van der Waals surface area contributed by atoms with Crippen LogP contribution in [0.15, 0.2) is 12.7 Å². The molecule has 2 aromatic rings. The molecule has 13 nitrogen and oxygen atoms in total. The van der Waals surface area contributed by atoms with E-state index in [1.165, 1.54) is 21.9 Å². The van der Waals surface area contributed by atoms with E-state index in [-0.39, 0.29) is 43.3 Å². The number of halogens is 1. The molecule has 0 aromatic carbocycles. The summed E-state index contributed by atoms with van der Waals surface area (Å²) in [4.78, 5) is 33.8. The van der Waals surface area contributed by atoms with Gasteiger partial charge in [-0.3, -0.25) is 13.9 Å². The van der Waals surface area contributed by atoms with E-state index in [0.717, 1.165) is 6.92 Å². The summed E-state index contributed by atoms with van der Waals surface area (Å²) >= 11 is 0. The number of alkyl halides is 1. The lowest BCUT2D eigenvalue weighted by molar-refractivity contribution is -0.154. The molecule has 0 amide bonds. The van der Waals surface area contributed by atoms with Crippen LogP contribution in [-0.4, -0.2) is 86.3 Å². The summed E-state index contributed by atoms with van der Waals surface area (Å²) in [6, 6.07) is 0. The van der Waals surface area contributed by atoms with E-state index in [1.54, 1.807) is 0 Å². The zero-order chi connectivity index (χ0) is 22.2. The Bertz CT molecular complexity index is 1000. The zero-order valence-corrected chi connectivity index (χ0v) is 17.4. The summed E-state index contributed by atoms with van der Waals surface area (Å²) in [6.07, 6.45) is -3.10. The van der Waals surface area contributed by atoms with Crippen molar-refractivity contribution in [2.75, 3.05) is 38.6 Å². The highest BCUT2D eigenvalue weighted by Crippen LogP contribution is 2.47. The largest absolute Gasteiger partial charge is 0.454 e. The van der Waals surface area contributed by atoms with Gasteiger partial charge >= 0.3 is 13.7 Å². The van der Waals surface area contributed by atoms with E-state index in [0.29, 0.717) is 0 Å². The third-order valence-corrected chi connectivity index (χ3v) is 6.58. The highest BCUT2D eigenvalue weighted by Gasteiger charge is 2.50. The first-order valence-corrected chi connectivity index (χ1v) is 11.0. The lowest BCUT2D eigenvalue weighted by Gasteiger charge is -2.30. The Morgan fingerprint density at radius 1 is 1.39 bits per heavy atom. The second kappa shape index (κ2) is 8.73. The van der Waals surface area contributed by atoms with Gasteiger partial charge in [0.05, 0.1) is 26.1 Å². The van der Waals surface area contributed by atoms with Crippen molar-refractivity contribution in [2.45, 2.75) is 31.5 Å². The molecule has 2 aliphatic heterocycles. The van der Waals surface area contributed by atoms with Crippen LogP contribution in [0.3, 0.4) is 0 Å². The standard InChI is InChI=1S/C16H22FN6O7P/c1-9(24)29-13-11(17)10(6-28-31(25,26)22-2-4-27-5-3-22)30-16(13)23-8-21-12-14(18)19-7-20-15(12)23/h7-8,10-11,13,16H,2-6H2,1H3,(H,25,26)(H2,18,19,20). The first-order chi connectivity index (χ1) is 14.8. The molecule has 31 heavy (non-hydrogen) atoms. The molecule has 4 heterocycles. The molecule has 0 aliphatic carbocycles. The van der Waals surface area contributed by atoms with Crippen LogP contribution in [0.4, 0.5) is 10.2 Å². The zero-order valence-electron chi connectivity index (χ0n) is 16.5. The molecule has 4 rings (SSSR count). The molecule has 3 N–H and O–H groups in total. The highest BCUT2D eigenvalue weighted by molar-refractivity contribution is 7.50. The molecule has 2 saturated heterocycles. The number of hydrogen-bond donors (Lipinski definition) is 2. The van der Waals surface area contributed by atoms with Crippen LogP contribution in [0.25, 0.3) is 11.2 Å². The van der Waals surface area contributed by atoms with E-state index < -0.39 is 44.9 Å². The number of esters is 1. The van der Waals surface area contributed by atoms with E-state index >= 15 is 4.39 Å². The molecule has 2 fully saturated rings. The molecule has 5 unspecified atom stereocenters. The molecule has 0 saturated carbocycles. The van der Waals surface area contributed by atoms with Crippen LogP contribution in [0.1, 0.15) is 13.2 Å². The minimum Gasteiger partial charge on any atom is -0.454 e. The fourth-order valence-corrected chi connectivity index (χ4v) is 4.66. The Balaban J connectivity index is 1.54. The molecule has 0 bridgehead atoms. The maximum absolute atomic E-state index is 15.2. The van der Waals surface area contributed by atoms with Gasteiger partial charge in [0.25, 0.3) is 0 Å². The van der Waals surface area contributed by atoms with E-state index in [2.05, 4.69) is 15.0 Å². The number of carbonyl (C=O) groups excluding carboxylic acids is 1. The maximum atomic E-state index is 15.2. The van der Waals surface area contributed by atoms with E-state index in [4.69, 9.17) is 24.5 Å². The Morgan fingerprint density at radius 2 is 2.13 bits per heavy atom. The van der Waals surface area contributed by atoms with Gasteiger partial charge < -0.3 is 24.8 Å². The van der Waals surface area contributed by atoms with Gasteiger partial charge in [-0.05, 0) is 0 Å². The van der Waals surface area contributed by atoms with Gasteiger partial charge in [-0.25, -0.2) is 28.6 Å². The van der Waals surface area contributed by atoms with Gasteiger partial charge in [-0.15, -0.1) is 0 Å². The van der Waals surface area contributed by atoms with Gasteiger partial charge in [0, 0.05) is 20.0 Å². The van der Waals surface area contributed by atoms with Crippen molar-refractivity contribution in [3.8, 4) is 0 Å². The summed E-state index contributed by atoms with van der Waals surface area (Å²) in [6.45, 7) is 1.59. The number of anilines is 1. The van der Waals surface area contributed by atoms with Crippen molar-refractivity contribution < 1.29 is 37.4 Å². The Hall–Kier alpha value is -2.22. The van der Waals surface area contributed by atoms with Crippen LogP contribution in [0, 0.1) is 0 Å². The number of morpholine rings is 1. The Kier molecular flexibility index (Phi) is 6.19. The summed E-state index contributed by atoms with van der Waals surface area (Å²) in [5.41, 5.74) is 6.31. The number of nitrogens with zero attached hydrogens (tertiary/aromatic N) is 5. The molecule has 2 aromatic heterocycles. The number of ether oxygens (including phenoxy) is 3. The topological polar surface area (TPSA) is 164 Å². The molecule has 0 spiro atoms. The first kappa shape index (κ1) is 22.0. The fraction of sp³-hybridized carbons (Fsp3) is 0.625. The van der Waals surface area contributed by atoms with Crippen molar-refractivity contribution in [1.29, 1.82) is 0 Å². The number of imidazole rings is 1. The van der Waals surface area contributed by atoms with Gasteiger partial charge in [-0.1, -0.05) is 0 Å². The SMILES string of the molecule is CC(=O)OC1C(F)C(COP(=O)(O)N2CCOCC2)OC1n1cnc2c(N)ncnc21. The molecule has 15 heteroatoms. The summed E-state index contributed by atoms with van der Waals surface area (Å²) in [5, 5.41) is 0. The predicted molar refractivity (Wildman–Crippen MR) is 102 cm³/mol. The lowest BCUT2D eigenvalue weighted by Crippen LogP contribution is -2.36. The third kappa shape index (κ3) is 4.40. The average molecular weight is 460 g/mol. The fourth-order valence-electron chi connectivity index (χ4n) is 3.49. The third-order valence-electron chi connectivity index (χ3n) is 4.98. The van der Waals surface area contributed by atoms with Gasteiger partial charge in [0.15, 0.2) is 30.0 Å². The molecular weight excluding hydrogens is 438 g/mol. The van der Waals surface area contributed by atoms with Gasteiger partial charge in [-0.2, -0.15) is 0 Å². The second-order valence-electron chi connectivity index (χ2n) is 7.02. The second-order valence-corrected chi connectivity index (χ2v) is 8.82. The van der Waals surface area contributed by atoms with Crippen LogP contribution in [-0.2, 0) is 28.1 Å². The van der Waals surface area contributed by atoms with E-state index in [9.17, 15) is 14.3 Å². The van der Waals surface area contributed by atoms with Gasteiger partial charge in [0.1, 0.15) is 17.9 Å². The number of nitrogens with two attached hydrogens (primary N) is 1. The van der Waals surface area contributed by atoms with Crippen LogP contribution in [0.2, 0.25) is 0 Å². The Labute approximate surface area is 175 Å². The van der Waals surface area contributed by atoms with Gasteiger partial charge in [0.2, 0.25) is 0 Å². The first-order valence-electron chi connectivity index (χ1n) is 9.48.